The van der Waals surface area contributed by atoms with Crippen molar-refractivity contribution in [3.63, 3.8) is 0 Å². The fraction of sp³-hybridized carbons (Fsp3) is 0.636. The maximum atomic E-state index is 11.9. The smallest absolute Gasteiger partial charge is 0.225 e. The quantitative estimate of drug-likeness (QED) is 0.773. The fourth-order valence-electron chi connectivity index (χ4n) is 2.58. The molecule has 1 aromatic heterocycles. The molecule has 0 spiro atoms. The van der Waals surface area contributed by atoms with E-state index in [1.807, 2.05) is 22.7 Å². The molecule has 0 bridgehead atoms. The molecule has 1 amide bonds. The zero-order chi connectivity index (χ0) is 11.3. The lowest BCUT2D eigenvalue weighted by Crippen LogP contribution is -2.35. The summed E-state index contributed by atoms with van der Waals surface area (Å²) in [7, 11) is 1.95. The number of carbonyl (C=O) groups is 1. The molecule has 1 saturated carbocycles. The van der Waals surface area contributed by atoms with Gasteiger partial charge >= 0.3 is 0 Å². The number of nitrogens with two attached hydrogens (primary N) is 1. The molecule has 1 aliphatic heterocycles. The minimum absolute atomic E-state index is 0.0208. The SMILES string of the molecule is Cn1cncc1C1C(N)CC(=O)N1C1CC1. The monoisotopic (exact) mass is 220 g/mol. The predicted octanol–water partition coefficient (Wildman–Crippen LogP) is 0.183. The third-order valence-corrected chi connectivity index (χ3v) is 3.50. The van der Waals surface area contributed by atoms with Crippen molar-refractivity contribution in [3.05, 3.63) is 18.2 Å². The van der Waals surface area contributed by atoms with E-state index in [1.165, 1.54) is 0 Å². The van der Waals surface area contributed by atoms with Crippen molar-refractivity contribution >= 4 is 5.91 Å². The van der Waals surface area contributed by atoms with Crippen LogP contribution in [0.5, 0.6) is 0 Å². The molecule has 5 heteroatoms. The third-order valence-electron chi connectivity index (χ3n) is 3.50. The zero-order valence-corrected chi connectivity index (χ0v) is 9.34. The van der Waals surface area contributed by atoms with Gasteiger partial charge in [-0.1, -0.05) is 0 Å². The summed E-state index contributed by atoms with van der Waals surface area (Å²) in [6.07, 6.45) is 6.28. The summed E-state index contributed by atoms with van der Waals surface area (Å²) in [6, 6.07) is 0.344. The molecule has 86 valence electrons. The van der Waals surface area contributed by atoms with Crippen LogP contribution in [0.25, 0.3) is 0 Å². The summed E-state index contributed by atoms with van der Waals surface area (Å²) in [5.41, 5.74) is 7.13. The lowest BCUT2D eigenvalue weighted by Gasteiger charge is -2.26. The summed E-state index contributed by atoms with van der Waals surface area (Å²) < 4.78 is 1.96. The number of amides is 1. The highest BCUT2D eigenvalue weighted by Gasteiger charge is 2.46. The Morgan fingerprint density at radius 1 is 1.50 bits per heavy atom. The van der Waals surface area contributed by atoms with Crippen LogP contribution >= 0.6 is 0 Å². The third kappa shape index (κ3) is 1.35. The Kier molecular flexibility index (Phi) is 2.04. The molecule has 2 aliphatic rings. The van der Waals surface area contributed by atoms with Gasteiger partial charge in [0.2, 0.25) is 5.91 Å². The topological polar surface area (TPSA) is 64.2 Å². The van der Waals surface area contributed by atoms with Gasteiger partial charge in [0.05, 0.1) is 24.3 Å². The number of carbonyl (C=O) groups excluding carboxylic acids is 1. The summed E-state index contributed by atoms with van der Waals surface area (Å²) in [5, 5.41) is 0. The summed E-state index contributed by atoms with van der Waals surface area (Å²) in [5.74, 6) is 0.196. The number of rotatable bonds is 2. The van der Waals surface area contributed by atoms with Crippen molar-refractivity contribution in [2.45, 2.75) is 37.4 Å². The van der Waals surface area contributed by atoms with Gasteiger partial charge in [-0.05, 0) is 12.8 Å². The zero-order valence-electron chi connectivity index (χ0n) is 9.34. The van der Waals surface area contributed by atoms with Gasteiger partial charge in [-0.3, -0.25) is 4.79 Å². The molecule has 2 atom stereocenters. The minimum atomic E-state index is -0.0940. The summed E-state index contributed by atoms with van der Waals surface area (Å²) >= 11 is 0. The number of hydrogen-bond donors (Lipinski definition) is 1. The molecule has 0 aromatic carbocycles. The van der Waals surface area contributed by atoms with E-state index in [1.54, 1.807) is 6.33 Å². The Morgan fingerprint density at radius 2 is 2.25 bits per heavy atom. The van der Waals surface area contributed by atoms with E-state index in [0.717, 1.165) is 18.5 Å². The largest absolute Gasteiger partial charge is 0.336 e. The van der Waals surface area contributed by atoms with Crippen LogP contribution in [0, 0.1) is 0 Å². The van der Waals surface area contributed by atoms with E-state index in [9.17, 15) is 4.79 Å². The van der Waals surface area contributed by atoms with Crippen molar-refractivity contribution in [2.75, 3.05) is 0 Å². The minimum Gasteiger partial charge on any atom is -0.336 e. The van der Waals surface area contributed by atoms with Gasteiger partial charge in [-0.15, -0.1) is 0 Å². The van der Waals surface area contributed by atoms with Crippen LogP contribution in [0.15, 0.2) is 12.5 Å². The molecular formula is C11H16N4O. The molecule has 3 rings (SSSR count). The summed E-state index contributed by atoms with van der Waals surface area (Å²) in [6.45, 7) is 0. The van der Waals surface area contributed by atoms with E-state index in [0.29, 0.717) is 12.5 Å². The Bertz CT molecular complexity index is 423. The van der Waals surface area contributed by atoms with E-state index in [2.05, 4.69) is 4.98 Å². The van der Waals surface area contributed by atoms with E-state index < -0.39 is 0 Å². The highest BCUT2D eigenvalue weighted by molar-refractivity contribution is 5.81. The van der Waals surface area contributed by atoms with Gasteiger partial charge < -0.3 is 15.2 Å². The van der Waals surface area contributed by atoms with Crippen molar-refractivity contribution < 1.29 is 4.79 Å². The first-order valence-electron chi connectivity index (χ1n) is 5.71. The first-order chi connectivity index (χ1) is 7.68. The Hall–Kier alpha value is -1.36. The van der Waals surface area contributed by atoms with Crippen LogP contribution in [0.4, 0.5) is 0 Å². The number of aromatic nitrogens is 2. The average Bonchev–Trinajstić information content (AvgIpc) is 2.91. The molecule has 2 fully saturated rings. The molecule has 2 heterocycles. The number of hydrogen-bond acceptors (Lipinski definition) is 3. The second-order valence-electron chi connectivity index (χ2n) is 4.77. The molecule has 2 unspecified atom stereocenters. The van der Waals surface area contributed by atoms with E-state index in [4.69, 9.17) is 5.73 Å². The lowest BCUT2D eigenvalue weighted by molar-refractivity contribution is -0.129. The van der Waals surface area contributed by atoms with Crippen LogP contribution in [0.3, 0.4) is 0 Å². The molecule has 1 aromatic rings. The standard InChI is InChI=1S/C11H16N4O/c1-14-6-13-5-9(14)11-8(12)4-10(16)15(11)7-2-3-7/h5-8,11H,2-4,12H2,1H3. The van der Waals surface area contributed by atoms with Gasteiger partial charge in [0.15, 0.2) is 0 Å². The van der Waals surface area contributed by atoms with Crippen molar-refractivity contribution in [1.82, 2.24) is 14.5 Å². The fourth-order valence-corrected chi connectivity index (χ4v) is 2.58. The molecular weight excluding hydrogens is 204 g/mol. The Balaban J connectivity index is 1.97. The first kappa shape index (κ1) is 9.84. The average molecular weight is 220 g/mol. The van der Waals surface area contributed by atoms with Crippen molar-refractivity contribution in [2.24, 2.45) is 12.8 Å². The molecule has 2 N–H and O–H groups in total. The van der Waals surface area contributed by atoms with Crippen LogP contribution in [-0.2, 0) is 11.8 Å². The van der Waals surface area contributed by atoms with Gasteiger partial charge in [0.25, 0.3) is 0 Å². The van der Waals surface area contributed by atoms with E-state index >= 15 is 0 Å². The van der Waals surface area contributed by atoms with Crippen molar-refractivity contribution in [3.8, 4) is 0 Å². The number of imidazole rings is 1. The van der Waals surface area contributed by atoms with Crippen LogP contribution in [-0.4, -0.2) is 32.4 Å². The second-order valence-corrected chi connectivity index (χ2v) is 4.77. The van der Waals surface area contributed by atoms with Crippen LogP contribution in [0.2, 0.25) is 0 Å². The normalized spacial score (nSPS) is 30.1. The highest BCUT2D eigenvalue weighted by atomic mass is 16.2. The second kappa shape index (κ2) is 3.31. The van der Waals surface area contributed by atoms with Crippen LogP contribution < -0.4 is 5.73 Å². The molecule has 1 saturated heterocycles. The van der Waals surface area contributed by atoms with Gasteiger partial charge in [0.1, 0.15) is 0 Å². The lowest BCUT2D eigenvalue weighted by atomic mass is 10.1. The van der Waals surface area contributed by atoms with Gasteiger partial charge in [-0.2, -0.15) is 0 Å². The Labute approximate surface area is 94.2 Å². The maximum absolute atomic E-state index is 11.9. The van der Waals surface area contributed by atoms with Gasteiger partial charge in [-0.25, -0.2) is 4.98 Å². The molecule has 16 heavy (non-hydrogen) atoms. The highest BCUT2D eigenvalue weighted by Crippen LogP contribution is 2.40. The van der Waals surface area contributed by atoms with Crippen LogP contribution in [0.1, 0.15) is 31.0 Å². The maximum Gasteiger partial charge on any atom is 0.225 e. The van der Waals surface area contributed by atoms with Gasteiger partial charge in [0, 0.05) is 25.6 Å². The summed E-state index contributed by atoms with van der Waals surface area (Å²) in [4.78, 5) is 18.0. The molecule has 1 aliphatic carbocycles. The first-order valence-corrected chi connectivity index (χ1v) is 5.71. The number of aryl methyl sites for hydroxylation is 1. The predicted molar refractivity (Wildman–Crippen MR) is 58.4 cm³/mol. The Morgan fingerprint density at radius 3 is 2.81 bits per heavy atom. The van der Waals surface area contributed by atoms with E-state index in [-0.39, 0.29) is 18.0 Å². The van der Waals surface area contributed by atoms with Crippen molar-refractivity contribution in [1.29, 1.82) is 0 Å². The molecule has 5 nitrogen and oxygen atoms in total. The molecule has 0 radical (unpaired) electrons. The number of likely N-dealkylation sites (tertiary alicyclic amines) is 1. The number of nitrogens with zero attached hydrogens (tertiary/aromatic N) is 3.